The molecule has 0 bridgehead atoms. The van der Waals surface area contributed by atoms with Gasteiger partial charge in [0.25, 0.3) is 0 Å². The summed E-state index contributed by atoms with van der Waals surface area (Å²) in [5.74, 6) is 3.92. The number of aromatic nitrogens is 6. The standard InChI is InChI=1S/C42H26N4Se2.C36H22N4Se2/c1-3-11-27(12-4-1)39-43-40(28-13-5-2-6-14-28)45-41(44-39)29-19-21-30(22-20-29)46-35-17-9-7-15-31(35)42(32-16-8-10-18-36(32)46)33-23-25-47-37(33)38-34(42)24-26-48-38;1-3-11-23(12-4-1)33-37-34(24-13-5-2-6-14-24)39-35(38-33)40-29-17-9-7-15-25(29)36(26-16-8-10-18-30(26)40)27-19-21-41-31(27)32-28(36)20-22-42-32/h1-26H;1-22H. The number of benzene rings is 9. The SMILES string of the molecule is c1ccc(-c2nc(-c3ccccc3)nc(-c3ccc(N4c5ccccc5C5(c6ccccc64)c4cc[se]c4-c4[se]ccc45)cc3)n2)cc1.c1ccc(-c2nc(-c3ccccc3)nc(N3c4ccccc4C4(c5ccccc53)c3cc[se]c3-c3[se]ccc34)n2)cc1. The molecule has 0 fully saturated rings. The van der Waals surface area contributed by atoms with Crippen LogP contribution in [0.5, 0.6) is 0 Å². The minimum absolute atomic E-state index is 0.273. The Kier molecular flexibility index (Phi) is 12.9. The normalized spacial score (nSPS) is 13.7. The van der Waals surface area contributed by atoms with Gasteiger partial charge in [-0.1, -0.05) is 72.8 Å². The third-order valence-corrected chi connectivity index (χ3v) is 27.0. The van der Waals surface area contributed by atoms with E-state index in [9.17, 15) is 0 Å². The van der Waals surface area contributed by atoms with Crippen LogP contribution in [-0.4, -0.2) is 87.9 Å². The molecule has 9 aromatic carbocycles. The number of nitrogens with zero attached hydrogens (tertiary/aromatic N) is 8. The molecule has 90 heavy (non-hydrogen) atoms. The summed E-state index contributed by atoms with van der Waals surface area (Å²) in [5, 5.41) is 0. The molecule has 0 saturated carbocycles. The third kappa shape index (κ3) is 8.18. The van der Waals surface area contributed by atoms with Crippen molar-refractivity contribution in [3.8, 4) is 74.7 Å². The van der Waals surface area contributed by atoms with Crippen molar-refractivity contribution in [2.75, 3.05) is 9.80 Å². The average Bonchev–Trinajstić information content (AvgIpc) is 1.47. The van der Waals surface area contributed by atoms with E-state index < -0.39 is 0 Å². The molecule has 19 rings (SSSR count). The minimum atomic E-state index is -0.324. The summed E-state index contributed by atoms with van der Waals surface area (Å²) in [4.78, 5) is 44.4. The first kappa shape index (κ1) is 53.6. The van der Waals surface area contributed by atoms with E-state index in [1.54, 1.807) is 17.7 Å². The number of fused-ring (bicyclic) bond motifs is 18. The van der Waals surface area contributed by atoms with Crippen molar-refractivity contribution in [1.82, 2.24) is 29.9 Å². The molecule has 2 aliphatic carbocycles. The first-order chi connectivity index (χ1) is 44.6. The van der Waals surface area contributed by atoms with Gasteiger partial charge in [0.05, 0.1) is 0 Å². The Balaban J connectivity index is 0.000000135. The monoisotopic (exact) mass is 1420 g/mol. The molecule has 0 atom stereocenters. The summed E-state index contributed by atoms with van der Waals surface area (Å²) in [5.41, 5.74) is 21.2. The Morgan fingerprint density at radius 2 is 0.478 bits per heavy atom. The molecule has 424 valence electrons. The van der Waals surface area contributed by atoms with Gasteiger partial charge in [-0.05, 0) is 0 Å². The van der Waals surface area contributed by atoms with Crippen LogP contribution in [-0.2, 0) is 10.8 Å². The van der Waals surface area contributed by atoms with Gasteiger partial charge in [-0.3, -0.25) is 0 Å². The molecular weight excluding hydrogens is 1360 g/mol. The summed E-state index contributed by atoms with van der Waals surface area (Å²) in [6.07, 6.45) is 0. The van der Waals surface area contributed by atoms with Gasteiger partial charge in [0.15, 0.2) is 11.6 Å². The van der Waals surface area contributed by atoms with E-state index in [1.165, 1.54) is 55.9 Å². The predicted octanol–water partition coefficient (Wildman–Crippen LogP) is 16.6. The van der Waals surface area contributed by atoms with Gasteiger partial charge in [-0.15, -0.1) is 0 Å². The molecule has 0 N–H and O–H groups in total. The fourth-order valence-corrected chi connectivity index (χ4v) is 23.8. The molecule has 0 saturated heterocycles. The van der Waals surface area contributed by atoms with Crippen LogP contribution in [0.3, 0.4) is 0 Å². The molecule has 2 aliphatic heterocycles. The van der Waals surface area contributed by atoms with Gasteiger partial charge in [-0.2, -0.15) is 0 Å². The van der Waals surface area contributed by atoms with Gasteiger partial charge in [-0.25, -0.2) is 4.98 Å². The summed E-state index contributed by atoms with van der Waals surface area (Å²) >= 11 is 1.52. The molecular formula is C78H48N8Se4. The van der Waals surface area contributed by atoms with Gasteiger partial charge in [0.2, 0.25) is 0 Å². The van der Waals surface area contributed by atoms with Crippen LogP contribution in [0.1, 0.15) is 44.5 Å². The first-order valence-corrected chi connectivity index (χ1v) is 37.2. The molecule has 8 nitrogen and oxygen atoms in total. The van der Waals surface area contributed by atoms with Gasteiger partial charge in [0, 0.05) is 11.1 Å². The fraction of sp³-hybridized carbons (Fsp3) is 0.0256. The van der Waals surface area contributed by atoms with Crippen molar-refractivity contribution >= 4 is 92.4 Å². The van der Waals surface area contributed by atoms with E-state index in [1.807, 2.05) is 97.1 Å². The number of hydrogen-bond acceptors (Lipinski definition) is 8. The maximum absolute atomic E-state index is 5.16. The summed E-state index contributed by atoms with van der Waals surface area (Å²) in [6.45, 7) is 0. The predicted molar refractivity (Wildman–Crippen MR) is 366 cm³/mol. The molecule has 0 radical (unpaired) electrons. The zero-order chi connectivity index (χ0) is 59.3. The Bertz CT molecular complexity index is 4940. The molecule has 12 heteroatoms. The van der Waals surface area contributed by atoms with Crippen molar-refractivity contribution in [2.45, 2.75) is 10.8 Å². The van der Waals surface area contributed by atoms with Crippen molar-refractivity contribution < 1.29 is 0 Å². The molecule has 6 aromatic heterocycles. The summed E-state index contributed by atoms with van der Waals surface area (Å²) < 4.78 is 6.37. The Labute approximate surface area is 544 Å². The number of anilines is 6. The van der Waals surface area contributed by atoms with Crippen LogP contribution in [0.15, 0.2) is 287 Å². The molecule has 15 aromatic rings. The third-order valence-electron chi connectivity index (χ3n) is 17.9. The van der Waals surface area contributed by atoms with E-state index >= 15 is 0 Å². The van der Waals surface area contributed by atoms with Gasteiger partial charge >= 0.3 is 448 Å². The topological polar surface area (TPSA) is 83.8 Å². The maximum atomic E-state index is 5.16. The second kappa shape index (κ2) is 21.7. The van der Waals surface area contributed by atoms with Gasteiger partial charge in [0.1, 0.15) is 0 Å². The van der Waals surface area contributed by atoms with Crippen molar-refractivity contribution in [2.24, 2.45) is 0 Å². The van der Waals surface area contributed by atoms with Crippen LogP contribution in [0.2, 0.25) is 0 Å². The second-order valence-electron chi connectivity index (χ2n) is 22.5. The van der Waals surface area contributed by atoms with Crippen LogP contribution in [0.4, 0.5) is 34.4 Å². The second-order valence-corrected chi connectivity index (χ2v) is 30.2. The van der Waals surface area contributed by atoms with E-state index in [2.05, 4.69) is 199 Å². The number of para-hydroxylation sites is 4. The van der Waals surface area contributed by atoms with E-state index in [-0.39, 0.29) is 10.8 Å². The van der Waals surface area contributed by atoms with Crippen LogP contribution < -0.4 is 9.80 Å². The van der Waals surface area contributed by atoms with Gasteiger partial charge < -0.3 is 0 Å². The molecule has 2 spiro atoms. The Morgan fingerprint density at radius 3 is 0.789 bits per heavy atom. The van der Waals surface area contributed by atoms with Crippen LogP contribution in [0.25, 0.3) is 74.7 Å². The van der Waals surface area contributed by atoms with Crippen molar-refractivity contribution in [3.63, 3.8) is 0 Å². The quantitative estimate of drug-likeness (QED) is 0.146. The molecule has 4 aliphatic rings. The van der Waals surface area contributed by atoms with E-state index in [4.69, 9.17) is 29.9 Å². The fourth-order valence-electron chi connectivity index (χ4n) is 14.2. The van der Waals surface area contributed by atoms with Crippen molar-refractivity contribution in [3.05, 3.63) is 331 Å². The van der Waals surface area contributed by atoms with E-state index in [0.29, 0.717) is 93.1 Å². The molecule has 0 unspecified atom stereocenters. The zero-order valence-electron chi connectivity index (χ0n) is 47.9. The summed E-state index contributed by atoms with van der Waals surface area (Å²) in [7, 11) is 0. The molecule has 0 amide bonds. The Morgan fingerprint density at radius 1 is 0.222 bits per heavy atom. The number of hydrogen-bond donors (Lipinski definition) is 0. The number of rotatable bonds is 7. The Hall–Kier alpha value is -9.40. The first-order valence-electron chi connectivity index (χ1n) is 29.8. The zero-order valence-corrected chi connectivity index (χ0v) is 54.8. The van der Waals surface area contributed by atoms with E-state index in [0.717, 1.165) is 44.9 Å². The van der Waals surface area contributed by atoms with Crippen LogP contribution in [0, 0.1) is 0 Å². The average molecular weight is 1410 g/mol. The molecule has 8 heterocycles. The van der Waals surface area contributed by atoms with Crippen molar-refractivity contribution in [1.29, 1.82) is 0 Å². The van der Waals surface area contributed by atoms with Crippen LogP contribution >= 0.6 is 0 Å². The summed E-state index contributed by atoms with van der Waals surface area (Å²) in [6, 6.07) is 94.8.